The van der Waals surface area contributed by atoms with Crippen molar-refractivity contribution in [3.8, 4) is 28.4 Å². The van der Waals surface area contributed by atoms with Crippen LogP contribution in [0.1, 0.15) is 55.7 Å². The SMILES string of the molecule is C[NH2+][C@H]1CCc2cc(OC)c(OC)c(OC)c2-c2ccc(NCCC3=CCCCC3)c(=O)cc21. The highest BCUT2D eigenvalue weighted by molar-refractivity contribution is 5.82. The van der Waals surface area contributed by atoms with Gasteiger partial charge in [-0.2, -0.15) is 0 Å². The lowest BCUT2D eigenvalue weighted by Gasteiger charge is -2.19. The number of allylic oxidation sites excluding steroid dienone is 1. The standard InChI is InChI=1S/C28H36N2O4/c1-29-22-12-10-19-16-25(32-2)27(33-3)28(34-4)26(19)20-11-13-23(24(31)17-21(20)22)30-15-14-18-8-6-5-7-9-18/h8,11,13,16-17,22,29H,5-7,9-10,12,14-15H2,1-4H3,(H,30,31)/p+1/t22-/m0/s1. The Bertz CT molecular complexity index is 1130. The number of methoxy groups -OCH3 is 3. The second-order valence-electron chi connectivity index (χ2n) is 9.07. The van der Waals surface area contributed by atoms with E-state index >= 15 is 0 Å². The number of quaternary nitrogens is 1. The zero-order valence-corrected chi connectivity index (χ0v) is 20.8. The average Bonchev–Trinajstić information content (AvgIpc) is 3.11. The van der Waals surface area contributed by atoms with Gasteiger partial charge in [0, 0.05) is 24.1 Å². The number of fused-ring (bicyclic) bond motifs is 3. The molecular formula is C28H37N2O4+. The van der Waals surface area contributed by atoms with E-state index in [4.69, 9.17) is 14.2 Å². The molecule has 0 saturated carbocycles. The Hall–Kier alpha value is -2.99. The third-order valence-corrected chi connectivity index (χ3v) is 7.13. The van der Waals surface area contributed by atoms with Gasteiger partial charge in [0.1, 0.15) is 6.04 Å². The van der Waals surface area contributed by atoms with Gasteiger partial charge in [-0.25, -0.2) is 0 Å². The quantitative estimate of drug-likeness (QED) is 0.571. The fraction of sp³-hybridized carbons (Fsp3) is 0.464. The van der Waals surface area contributed by atoms with Crippen LogP contribution < -0.4 is 30.3 Å². The first-order valence-electron chi connectivity index (χ1n) is 12.3. The molecule has 0 heterocycles. The molecule has 0 saturated heterocycles. The van der Waals surface area contributed by atoms with E-state index in [9.17, 15) is 4.79 Å². The lowest BCUT2D eigenvalue weighted by molar-refractivity contribution is -0.670. The Kier molecular flexibility index (Phi) is 7.78. The first-order valence-corrected chi connectivity index (χ1v) is 12.3. The van der Waals surface area contributed by atoms with Crippen LogP contribution in [0.2, 0.25) is 0 Å². The molecule has 0 amide bonds. The molecule has 2 aliphatic carbocycles. The number of nitrogens with one attached hydrogen (secondary N) is 1. The van der Waals surface area contributed by atoms with Crippen molar-refractivity contribution in [1.82, 2.24) is 0 Å². The van der Waals surface area contributed by atoms with Crippen LogP contribution in [0.15, 0.2) is 40.7 Å². The van der Waals surface area contributed by atoms with Crippen LogP contribution in [-0.4, -0.2) is 34.9 Å². The fourth-order valence-electron chi connectivity index (χ4n) is 5.32. The molecule has 0 unspecified atom stereocenters. The van der Waals surface area contributed by atoms with E-state index in [1.54, 1.807) is 21.3 Å². The zero-order valence-electron chi connectivity index (χ0n) is 20.8. The molecule has 2 aliphatic rings. The van der Waals surface area contributed by atoms with Crippen LogP contribution in [0, 0.1) is 0 Å². The van der Waals surface area contributed by atoms with E-state index in [2.05, 4.69) is 29.8 Å². The maximum absolute atomic E-state index is 13.3. The summed E-state index contributed by atoms with van der Waals surface area (Å²) in [5.41, 5.74) is 6.32. The number of anilines is 1. The second-order valence-corrected chi connectivity index (χ2v) is 9.07. The number of hydrogen-bond donors (Lipinski definition) is 2. The summed E-state index contributed by atoms with van der Waals surface area (Å²) < 4.78 is 17.1. The molecule has 0 aromatic heterocycles. The zero-order chi connectivity index (χ0) is 24.1. The van der Waals surface area contributed by atoms with Gasteiger partial charge < -0.3 is 24.8 Å². The monoisotopic (exact) mass is 465 g/mol. The molecule has 0 aliphatic heterocycles. The Morgan fingerprint density at radius 3 is 2.53 bits per heavy atom. The van der Waals surface area contributed by atoms with Gasteiger partial charge in [-0.15, -0.1) is 0 Å². The van der Waals surface area contributed by atoms with Crippen LogP contribution in [0.4, 0.5) is 5.69 Å². The van der Waals surface area contributed by atoms with E-state index in [0.717, 1.165) is 48.1 Å². The highest BCUT2D eigenvalue weighted by atomic mass is 16.5. The lowest BCUT2D eigenvalue weighted by atomic mass is 9.95. The highest BCUT2D eigenvalue weighted by Crippen LogP contribution is 2.49. The Morgan fingerprint density at radius 2 is 1.85 bits per heavy atom. The third-order valence-electron chi connectivity index (χ3n) is 7.13. The molecule has 0 spiro atoms. The maximum Gasteiger partial charge on any atom is 0.203 e. The van der Waals surface area contributed by atoms with Crippen molar-refractivity contribution in [2.75, 3.05) is 40.2 Å². The molecule has 1 atom stereocenters. The Morgan fingerprint density at radius 1 is 1.03 bits per heavy atom. The van der Waals surface area contributed by atoms with Crippen LogP contribution in [-0.2, 0) is 6.42 Å². The van der Waals surface area contributed by atoms with Crippen LogP contribution in [0.5, 0.6) is 17.2 Å². The first kappa shape index (κ1) is 24.1. The van der Waals surface area contributed by atoms with Gasteiger partial charge in [0.2, 0.25) is 11.2 Å². The average molecular weight is 466 g/mol. The summed E-state index contributed by atoms with van der Waals surface area (Å²) >= 11 is 0. The summed E-state index contributed by atoms with van der Waals surface area (Å²) in [5, 5.41) is 5.59. The molecule has 34 heavy (non-hydrogen) atoms. The van der Waals surface area contributed by atoms with Gasteiger partial charge in [-0.3, -0.25) is 4.79 Å². The van der Waals surface area contributed by atoms with Gasteiger partial charge >= 0.3 is 0 Å². The van der Waals surface area contributed by atoms with Gasteiger partial charge in [0.15, 0.2) is 11.5 Å². The number of rotatable bonds is 8. The fourth-order valence-corrected chi connectivity index (χ4v) is 5.32. The van der Waals surface area contributed by atoms with E-state index in [0.29, 0.717) is 22.9 Å². The molecule has 6 nitrogen and oxygen atoms in total. The number of benzene rings is 1. The Balaban J connectivity index is 1.79. The molecule has 2 aromatic rings. The molecule has 2 aromatic carbocycles. The smallest absolute Gasteiger partial charge is 0.203 e. The highest BCUT2D eigenvalue weighted by Gasteiger charge is 2.29. The van der Waals surface area contributed by atoms with Gasteiger partial charge in [-0.1, -0.05) is 17.7 Å². The molecule has 0 bridgehead atoms. The van der Waals surface area contributed by atoms with E-state index in [-0.39, 0.29) is 11.5 Å². The van der Waals surface area contributed by atoms with E-state index < -0.39 is 0 Å². The van der Waals surface area contributed by atoms with E-state index in [1.807, 2.05) is 18.2 Å². The number of aryl methyl sites for hydroxylation is 1. The van der Waals surface area contributed by atoms with Crippen LogP contribution in [0.25, 0.3) is 11.1 Å². The van der Waals surface area contributed by atoms with Crippen molar-refractivity contribution in [1.29, 1.82) is 0 Å². The number of nitrogens with two attached hydrogens (primary N) is 1. The van der Waals surface area contributed by atoms with E-state index in [1.165, 1.54) is 31.3 Å². The minimum absolute atomic E-state index is 0.0219. The summed E-state index contributed by atoms with van der Waals surface area (Å²) in [5.74, 6) is 1.87. The summed E-state index contributed by atoms with van der Waals surface area (Å²) in [7, 11) is 6.98. The largest absolute Gasteiger partial charge is 0.493 e. The second kappa shape index (κ2) is 11.0. The normalized spacial score (nSPS) is 17.1. The van der Waals surface area contributed by atoms with Crippen molar-refractivity contribution >= 4 is 5.69 Å². The summed E-state index contributed by atoms with van der Waals surface area (Å²) in [6, 6.07) is 8.01. The lowest BCUT2D eigenvalue weighted by Crippen LogP contribution is -2.81. The van der Waals surface area contributed by atoms with Crippen LogP contribution >= 0.6 is 0 Å². The van der Waals surface area contributed by atoms with Gasteiger partial charge in [-0.05, 0) is 67.9 Å². The molecule has 0 radical (unpaired) electrons. The van der Waals surface area contributed by atoms with Crippen molar-refractivity contribution in [3.63, 3.8) is 0 Å². The summed E-state index contributed by atoms with van der Waals surface area (Å²) in [4.78, 5) is 13.3. The van der Waals surface area contributed by atoms with Crippen molar-refractivity contribution < 1.29 is 19.5 Å². The van der Waals surface area contributed by atoms with Crippen LogP contribution in [0.3, 0.4) is 0 Å². The first-order chi connectivity index (χ1) is 16.6. The Labute approximate surface area is 202 Å². The summed E-state index contributed by atoms with van der Waals surface area (Å²) in [6.07, 6.45) is 10.0. The molecule has 6 heteroatoms. The molecule has 182 valence electrons. The molecule has 0 fully saturated rings. The van der Waals surface area contributed by atoms with Crippen molar-refractivity contribution in [2.24, 2.45) is 0 Å². The summed E-state index contributed by atoms with van der Waals surface area (Å²) in [6.45, 7) is 0.768. The van der Waals surface area contributed by atoms with Crippen molar-refractivity contribution in [3.05, 3.63) is 57.3 Å². The van der Waals surface area contributed by atoms with Gasteiger partial charge in [0.05, 0.1) is 34.1 Å². The minimum Gasteiger partial charge on any atom is -0.493 e. The molecule has 3 N–H and O–H groups in total. The topological polar surface area (TPSA) is 73.4 Å². The maximum atomic E-state index is 13.3. The third kappa shape index (κ3) is 4.78. The van der Waals surface area contributed by atoms with Gasteiger partial charge in [0.25, 0.3) is 0 Å². The predicted octanol–water partition coefficient (Wildman–Crippen LogP) is 4.22. The molecule has 4 rings (SSSR count). The minimum atomic E-state index is 0.0219. The predicted molar refractivity (Wildman–Crippen MR) is 136 cm³/mol. The van der Waals surface area contributed by atoms with Crippen molar-refractivity contribution in [2.45, 2.75) is 51.0 Å². The number of hydrogen-bond acceptors (Lipinski definition) is 5. The number of ether oxygens (including phenoxy) is 3. The molecular weight excluding hydrogens is 428 g/mol.